The van der Waals surface area contributed by atoms with Crippen LogP contribution >= 0.6 is 0 Å². The first-order valence-electron chi connectivity index (χ1n) is 8.52. The molecule has 0 spiro atoms. The Bertz CT molecular complexity index is 1030. The Balaban J connectivity index is 2.36. The Morgan fingerprint density at radius 3 is 2.40 bits per heavy atom. The number of nitrogens with one attached hydrogen (secondary N) is 1. The Labute approximate surface area is 171 Å². The van der Waals surface area contributed by atoms with Gasteiger partial charge in [0.05, 0.1) is 23.0 Å². The number of likely N-dealkylation sites (N-methyl/N-ethyl adjacent to an activating group) is 1. The maximum absolute atomic E-state index is 12.8. The number of ether oxygens (including phenoxy) is 1. The van der Waals surface area contributed by atoms with Gasteiger partial charge in [0.2, 0.25) is 0 Å². The molecule has 2 rings (SSSR count). The standard InChI is InChI=1S/C18H20F3N3O5S/c1-23(2)17(12-5-4-6-13(9-12)29-3)11-22-15-8-7-14(10-16(15)24(25)26)30(27,28)18(19,20)21/h4-10,17,22H,11H2,1-3H3/t17-/m0/s1. The molecular formula is C18H20F3N3O5S. The first-order valence-corrected chi connectivity index (χ1v) is 10.0. The molecule has 0 aliphatic heterocycles. The first-order chi connectivity index (χ1) is 13.9. The highest BCUT2D eigenvalue weighted by Crippen LogP contribution is 2.35. The number of alkyl halides is 3. The topological polar surface area (TPSA) is 102 Å². The minimum atomic E-state index is -5.70. The largest absolute Gasteiger partial charge is 0.501 e. The van der Waals surface area contributed by atoms with Gasteiger partial charge in [-0.15, -0.1) is 0 Å². The molecule has 0 radical (unpaired) electrons. The number of nitro benzene ring substituents is 1. The maximum atomic E-state index is 12.8. The van der Waals surface area contributed by atoms with E-state index in [-0.39, 0.29) is 18.3 Å². The minimum Gasteiger partial charge on any atom is -0.497 e. The fourth-order valence-electron chi connectivity index (χ4n) is 2.77. The summed E-state index contributed by atoms with van der Waals surface area (Å²) in [6.45, 7) is 0.159. The number of methoxy groups -OCH3 is 1. The van der Waals surface area contributed by atoms with Crippen LogP contribution in [0.25, 0.3) is 0 Å². The molecule has 0 fully saturated rings. The molecule has 0 bridgehead atoms. The molecule has 0 heterocycles. The third-order valence-electron chi connectivity index (χ3n) is 4.37. The van der Waals surface area contributed by atoms with Gasteiger partial charge >= 0.3 is 5.51 Å². The van der Waals surface area contributed by atoms with E-state index < -0.39 is 30.9 Å². The summed E-state index contributed by atoms with van der Waals surface area (Å²) in [5.41, 5.74) is -5.59. The summed E-state index contributed by atoms with van der Waals surface area (Å²) in [5.74, 6) is 0.618. The van der Waals surface area contributed by atoms with Crippen LogP contribution in [0.15, 0.2) is 47.4 Å². The van der Waals surface area contributed by atoms with Crippen molar-refractivity contribution < 1.29 is 31.2 Å². The quantitative estimate of drug-likeness (QED) is 0.487. The number of sulfone groups is 1. The van der Waals surface area contributed by atoms with E-state index in [4.69, 9.17) is 4.74 Å². The second kappa shape index (κ2) is 8.88. The smallest absolute Gasteiger partial charge is 0.497 e. The van der Waals surface area contributed by atoms with E-state index in [1.165, 1.54) is 7.11 Å². The lowest BCUT2D eigenvalue weighted by molar-refractivity contribution is -0.384. The Hall–Kier alpha value is -2.86. The molecule has 0 saturated carbocycles. The highest BCUT2D eigenvalue weighted by molar-refractivity contribution is 7.92. The molecule has 0 amide bonds. The van der Waals surface area contributed by atoms with E-state index in [1.807, 2.05) is 11.0 Å². The highest BCUT2D eigenvalue weighted by atomic mass is 32.2. The van der Waals surface area contributed by atoms with Crippen LogP contribution in [-0.2, 0) is 9.84 Å². The molecule has 12 heteroatoms. The van der Waals surface area contributed by atoms with Gasteiger partial charge in [0.15, 0.2) is 0 Å². The molecule has 1 N–H and O–H groups in total. The Morgan fingerprint density at radius 1 is 1.20 bits per heavy atom. The van der Waals surface area contributed by atoms with Crippen molar-refractivity contribution in [2.75, 3.05) is 33.1 Å². The third-order valence-corrected chi connectivity index (χ3v) is 5.85. The molecule has 2 aromatic carbocycles. The molecule has 164 valence electrons. The summed E-state index contributed by atoms with van der Waals surface area (Å²) in [6, 6.07) is 8.95. The molecule has 30 heavy (non-hydrogen) atoms. The van der Waals surface area contributed by atoms with E-state index in [9.17, 15) is 31.7 Å². The average Bonchev–Trinajstić information content (AvgIpc) is 2.67. The molecule has 8 nitrogen and oxygen atoms in total. The van der Waals surface area contributed by atoms with Crippen LogP contribution in [0.5, 0.6) is 5.75 Å². The number of hydrogen-bond donors (Lipinski definition) is 1. The van der Waals surface area contributed by atoms with E-state index >= 15 is 0 Å². The van der Waals surface area contributed by atoms with Crippen LogP contribution in [0.3, 0.4) is 0 Å². The van der Waals surface area contributed by atoms with Crippen molar-refractivity contribution in [1.82, 2.24) is 4.90 Å². The van der Waals surface area contributed by atoms with Crippen molar-refractivity contribution in [2.45, 2.75) is 16.4 Å². The number of hydrogen-bond acceptors (Lipinski definition) is 7. The van der Waals surface area contributed by atoms with E-state index in [0.29, 0.717) is 17.9 Å². The van der Waals surface area contributed by atoms with Gasteiger partial charge in [0.25, 0.3) is 15.5 Å². The molecule has 0 unspecified atom stereocenters. The lowest BCUT2D eigenvalue weighted by Crippen LogP contribution is -2.27. The molecule has 0 aromatic heterocycles. The van der Waals surface area contributed by atoms with Gasteiger partial charge in [-0.05, 0) is 43.9 Å². The number of nitro groups is 1. The van der Waals surface area contributed by atoms with Crippen molar-refractivity contribution in [2.24, 2.45) is 0 Å². The predicted octanol–water partition coefficient (Wildman–Crippen LogP) is 3.61. The summed E-state index contributed by atoms with van der Waals surface area (Å²) in [5, 5.41) is 14.2. The monoisotopic (exact) mass is 447 g/mol. The highest BCUT2D eigenvalue weighted by Gasteiger charge is 2.47. The molecule has 0 saturated heterocycles. The van der Waals surface area contributed by atoms with Crippen molar-refractivity contribution in [1.29, 1.82) is 0 Å². The normalized spacial score (nSPS) is 13.2. The summed E-state index contributed by atoms with van der Waals surface area (Å²) >= 11 is 0. The number of rotatable bonds is 8. The van der Waals surface area contributed by atoms with Crippen molar-refractivity contribution >= 4 is 21.2 Å². The summed E-state index contributed by atoms with van der Waals surface area (Å²) < 4.78 is 66.6. The molecule has 1 atom stereocenters. The Morgan fingerprint density at radius 2 is 1.87 bits per heavy atom. The molecule has 0 aliphatic rings. The van der Waals surface area contributed by atoms with Crippen LogP contribution in [0, 0.1) is 10.1 Å². The van der Waals surface area contributed by atoms with Crippen molar-refractivity contribution in [3.05, 3.63) is 58.1 Å². The van der Waals surface area contributed by atoms with Gasteiger partial charge in [-0.1, -0.05) is 12.1 Å². The van der Waals surface area contributed by atoms with Crippen LogP contribution in [0.4, 0.5) is 24.5 Å². The van der Waals surface area contributed by atoms with E-state index in [1.54, 1.807) is 32.3 Å². The lowest BCUT2D eigenvalue weighted by Gasteiger charge is -2.26. The molecular weight excluding hydrogens is 427 g/mol. The fraction of sp³-hybridized carbons (Fsp3) is 0.333. The number of nitrogens with zero attached hydrogens (tertiary/aromatic N) is 2. The summed E-state index contributed by atoms with van der Waals surface area (Å²) in [7, 11) is -0.601. The van der Waals surface area contributed by atoms with Crippen molar-refractivity contribution in [3.8, 4) is 5.75 Å². The van der Waals surface area contributed by atoms with Crippen LogP contribution < -0.4 is 10.1 Å². The number of benzene rings is 2. The zero-order valence-electron chi connectivity index (χ0n) is 16.3. The van der Waals surface area contributed by atoms with Gasteiger partial charge in [-0.25, -0.2) is 8.42 Å². The summed E-state index contributed by atoms with van der Waals surface area (Å²) in [4.78, 5) is 11.1. The third kappa shape index (κ3) is 5.00. The molecule has 0 aliphatic carbocycles. The first kappa shape index (κ1) is 23.4. The fourth-order valence-corrected chi connectivity index (χ4v) is 3.55. The second-order valence-corrected chi connectivity index (χ2v) is 8.46. The van der Waals surface area contributed by atoms with E-state index in [0.717, 1.165) is 11.6 Å². The zero-order valence-corrected chi connectivity index (χ0v) is 17.1. The number of halogens is 3. The number of anilines is 1. The van der Waals surface area contributed by atoms with Crippen LogP contribution in [0.1, 0.15) is 11.6 Å². The maximum Gasteiger partial charge on any atom is 0.501 e. The minimum absolute atomic E-state index is 0.101. The van der Waals surface area contributed by atoms with Crippen LogP contribution in [0.2, 0.25) is 0 Å². The van der Waals surface area contributed by atoms with Gasteiger partial charge in [-0.3, -0.25) is 10.1 Å². The average molecular weight is 447 g/mol. The van der Waals surface area contributed by atoms with Crippen LogP contribution in [-0.4, -0.2) is 51.5 Å². The second-order valence-electron chi connectivity index (χ2n) is 6.52. The van der Waals surface area contributed by atoms with Gasteiger partial charge in [-0.2, -0.15) is 13.2 Å². The molecule has 2 aromatic rings. The summed E-state index contributed by atoms with van der Waals surface area (Å²) in [6.07, 6.45) is 0. The lowest BCUT2D eigenvalue weighted by atomic mass is 10.1. The van der Waals surface area contributed by atoms with Gasteiger partial charge < -0.3 is 15.0 Å². The zero-order chi connectivity index (χ0) is 22.7. The van der Waals surface area contributed by atoms with Gasteiger partial charge in [0, 0.05) is 12.6 Å². The van der Waals surface area contributed by atoms with E-state index in [2.05, 4.69) is 5.32 Å². The van der Waals surface area contributed by atoms with Gasteiger partial charge in [0.1, 0.15) is 11.4 Å². The Kier molecular flexibility index (Phi) is 6.93. The van der Waals surface area contributed by atoms with Crippen molar-refractivity contribution in [3.63, 3.8) is 0 Å². The SMILES string of the molecule is COc1cccc([C@H](CNc2ccc(S(=O)(=O)C(F)(F)F)cc2[N+](=O)[O-])N(C)C)c1. The predicted molar refractivity (Wildman–Crippen MR) is 104 cm³/mol.